The number of rotatable bonds is 2. The Morgan fingerprint density at radius 2 is 2.19 bits per heavy atom. The van der Waals surface area contributed by atoms with Crippen molar-refractivity contribution < 1.29 is 17.1 Å². The molecule has 0 saturated carbocycles. The maximum Gasteiger partial charge on any atom is 0.307 e. The summed E-state index contributed by atoms with van der Waals surface area (Å²) in [5.41, 5.74) is 6.47. The van der Waals surface area contributed by atoms with E-state index in [0.29, 0.717) is 11.4 Å². The fourth-order valence-electron chi connectivity index (χ4n) is 1.62. The van der Waals surface area contributed by atoms with Gasteiger partial charge in [-0.3, -0.25) is 4.79 Å². The number of carbonyl (C=O) groups is 1. The van der Waals surface area contributed by atoms with Crippen molar-refractivity contribution in [1.29, 1.82) is 0 Å². The molecule has 0 bridgehead atoms. The van der Waals surface area contributed by atoms with Crippen molar-refractivity contribution in [2.24, 2.45) is 0 Å². The van der Waals surface area contributed by atoms with Crippen LogP contribution in [0.1, 0.15) is 6.42 Å². The van der Waals surface area contributed by atoms with Crippen molar-refractivity contribution in [1.82, 2.24) is 0 Å². The van der Waals surface area contributed by atoms with Gasteiger partial charge in [0.15, 0.2) is 0 Å². The van der Waals surface area contributed by atoms with Gasteiger partial charge in [0.05, 0.1) is 11.4 Å². The molecule has 1 aromatic heterocycles. The molecule has 88 valence electrons. The molecule has 1 fully saturated rings. The van der Waals surface area contributed by atoms with E-state index in [0.717, 1.165) is 0 Å². The Kier molecular flexibility index (Phi) is 2.62. The van der Waals surface area contributed by atoms with E-state index in [1.54, 1.807) is 10.8 Å². The average molecular weight is 264 g/mol. The van der Waals surface area contributed by atoms with Gasteiger partial charge in [-0.1, -0.05) is 0 Å². The molecule has 8 heteroatoms. The number of nitrogens with zero attached hydrogens (tertiary/aromatic N) is 1. The van der Waals surface area contributed by atoms with Crippen molar-refractivity contribution in [2.75, 3.05) is 17.2 Å². The van der Waals surface area contributed by atoms with E-state index in [2.05, 4.69) is 0 Å². The first-order valence-corrected chi connectivity index (χ1v) is 6.84. The zero-order valence-corrected chi connectivity index (χ0v) is 9.72. The first-order chi connectivity index (χ1) is 7.39. The fourth-order valence-corrected chi connectivity index (χ4v) is 3.01. The molecule has 0 aliphatic carbocycles. The Balaban J connectivity index is 2.28. The number of halogens is 1. The third kappa shape index (κ3) is 1.90. The van der Waals surface area contributed by atoms with Gasteiger partial charge in [0, 0.05) is 23.7 Å². The van der Waals surface area contributed by atoms with Crippen LogP contribution >= 0.6 is 11.3 Å². The summed E-state index contributed by atoms with van der Waals surface area (Å²) >= 11 is 1.30. The summed E-state index contributed by atoms with van der Waals surface area (Å²) < 4.78 is 34.2. The number of thiophene rings is 1. The van der Waals surface area contributed by atoms with E-state index in [9.17, 15) is 17.1 Å². The average Bonchev–Trinajstić information content (AvgIpc) is 2.70. The maximum atomic E-state index is 12.7. The quantitative estimate of drug-likeness (QED) is 0.799. The number of anilines is 2. The van der Waals surface area contributed by atoms with E-state index in [1.165, 1.54) is 16.2 Å². The Morgan fingerprint density at radius 1 is 1.50 bits per heavy atom. The van der Waals surface area contributed by atoms with Crippen molar-refractivity contribution >= 4 is 38.8 Å². The van der Waals surface area contributed by atoms with E-state index in [4.69, 9.17) is 5.73 Å². The van der Waals surface area contributed by atoms with E-state index < -0.39 is 21.4 Å². The molecule has 1 unspecified atom stereocenters. The minimum absolute atomic E-state index is 0.168. The smallest absolute Gasteiger partial charge is 0.307 e. The molecule has 1 atom stereocenters. The summed E-state index contributed by atoms with van der Waals surface area (Å²) in [4.78, 5) is 12.7. The largest absolute Gasteiger partial charge is 0.396 e. The predicted molar refractivity (Wildman–Crippen MR) is 59.5 cm³/mol. The van der Waals surface area contributed by atoms with Gasteiger partial charge in [-0.25, -0.2) is 0 Å². The number of nitrogens with two attached hydrogens (primary N) is 1. The molecule has 0 radical (unpaired) electrons. The summed E-state index contributed by atoms with van der Waals surface area (Å²) in [6, 6.07) is 0. The summed E-state index contributed by atoms with van der Waals surface area (Å²) in [5, 5.41) is 2.00. The number of nitrogen functional groups attached to an aromatic ring is 1. The van der Waals surface area contributed by atoms with Gasteiger partial charge in [0.1, 0.15) is 5.25 Å². The number of carbonyl (C=O) groups excluding carboxylic acids is 1. The molecule has 1 aliphatic rings. The molecular formula is C8H9FN2O3S2. The Bertz CT molecular complexity index is 525. The zero-order chi connectivity index (χ0) is 11.9. The van der Waals surface area contributed by atoms with Crippen molar-refractivity contribution in [3.05, 3.63) is 10.8 Å². The third-order valence-corrected chi connectivity index (χ3v) is 4.31. The van der Waals surface area contributed by atoms with Crippen LogP contribution < -0.4 is 10.6 Å². The lowest BCUT2D eigenvalue weighted by molar-refractivity contribution is -0.117. The Hall–Kier alpha value is -1.15. The van der Waals surface area contributed by atoms with Crippen molar-refractivity contribution in [3.8, 4) is 0 Å². The molecule has 0 spiro atoms. The molecule has 2 heterocycles. The van der Waals surface area contributed by atoms with Gasteiger partial charge < -0.3 is 10.6 Å². The molecule has 1 saturated heterocycles. The fraction of sp³-hybridized carbons (Fsp3) is 0.375. The van der Waals surface area contributed by atoms with Gasteiger partial charge in [0.2, 0.25) is 5.91 Å². The molecule has 1 amide bonds. The number of hydrogen-bond donors (Lipinski definition) is 1. The van der Waals surface area contributed by atoms with Crippen LogP contribution in [-0.4, -0.2) is 26.1 Å². The number of hydrogen-bond acceptors (Lipinski definition) is 5. The second kappa shape index (κ2) is 3.70. The van der Waals surface area contributed by atoms with Gasteiger partial charge in [-0.05, 0) is 0 Å². The lowest BCUT2D eigenvalue weighted by atomic mass is 10.4. The van der Waals surface area contributed by atoms with Crippen LogP contribution in [0.25, 0.3) is 0 Å². The highest BCUT2D eigenvalue weighted by molar-refractivity contribution is 7.87. The summed E-state index contributed by atoms with van der Waals surface area (Å²) in [7, 11) is -4.67. The van der Waals surface area contributed by atoms with Gasteiger partial charge >= 0.3 is 10.2 Å². The summed E-state index contributed by atoms with van der Waals surface area (Å²) in [6.07, 6.45) is -0.325. The summed E-state index contributed by atoms with van der Waals surface area (Å²) in [5.74, 6) is -0.420. The molecule has 1 aliphatic heterocycles. The van der Waals surface area contributed by atoms with Crippen LogP contribution in [0.15, 0.2) is 10.8 Å². The zero-order valence-electron chi connectivity index (χ0n) is 8.09. The third-order valence-electron chi connectivity index (χ3n) is 2.45. The summed E-state index contributed by atoms with van der Waals surface area (Å²) in [6.45, 7) is -0.168. The van der Waals surface area contributed by atoms with Crippen LogP contribution in [0, 0.1) is 0 Å². The van der Waals surface area contributed by atoms with E-state index >= 15 is 0 Å². The highest BCUT2D eigenvalue weighted by Gasteiger charge is 2.39. The highest BCUT2D eigenvalue weighted by Crippen LogP contribution is 2.32. The van der Waals surface area contributed by atoms with Crippen LogP contribution in [0.4, 0.5) is 15.3 Å². The maximum absolute atomic E-state index is 12.7. The second-order valence-electron chi connectivity index (χ2n) is 3.52. The first kappa shape index (κ1) is 11.3. The first-order valence-electron chi connectivity index (χ1n) is 4.45. The van der Waals surface area contributed by atoms with Gasteiger partial charge in [-0.15, -0.1) is 15.2 Å². The lowest BCUT2D eigenvalue weighted by Gasteiger charge is -2.14. The topological polar surface area (TPSA) is 80.5 Å². The lowest BCUT2D eigenvalue weighted by Crippen LogP contribution is -2.27. The van der Waals surface area contributed by atoms with Crippen LogP contribution in [0.3, 0.4) is 0 Å². The minimum Gasteiger partial charge on any atom is -0.396 e. The molecular weight excluding hydrogens is 255 g/mol. The SMILES string of the molecule is Nc1cscc1N1CC(S(=O)(=O)F)CC1=O. The molecule has 2 N–H and O–H groups in total. The predicted octanol–water partition coefficient (Wildman–Crippen LogP) is 0.735. The monoisotopic (exact) mass is 264 g/mol. The van der Waals surface area contributed by atoms with Gasteiger partial charge in [0.25, 0.3) is 0 Å². The molecule has 1 aromatic rings. The van der Waals surface area contributed by atoms with Crippen molar-refractivity contribution in [2.45, 2.75) is 11.7 Å². The van der Waals surface area contributed by atoms with E-state index in [-0.39, 0.29) is 13.0 Å². The van der Waals surface area contributed by atoms with Crippen LogP contribution in [-0.2, 0) is 15.0 Å². The second-order valence-corrected chi connectivity index (χ2v) is 5.88. The molecule has 0 aromatic carbocycles. The Morgan fingerprint density at radius 3 is 2.62 bits per heavy atom. The van der Waals surface area contributed by atoms with E-state index in [1.807, 2.05) is 0 Å². The minimum atomic E-state index is -4.67. The highest BCUT2D eigenvalue weighted by atomic mass is 32.3. The number of amides is 1. The molecule has 2 rings (SSSR count). The Labute approximate surface area is 95.9 Å². The van der Waals surface area contributed by atoms with Crippen molar-refractivity contribution in [3.63, 3.8) is 0 Å². The molecule has 16 heavy (non-hydrogen) atoms. The van der Waals surface area contributed by atoms with Gasteiger partial charge in [-0.2, -0.15) is 8.42 Å². The van der Waals surface area contributed by atoms with Crippen LogP contribution in [0.2, 0.25) is 0 Å². The molecule has 5 nitrogen and oxygen atoms in total. The standard InChI is InChI=1S/C8H9FN2O3S2/c9-16(13,14)5-1-8(12)11(2-5)7-4-15-3-6(7)10/h3-5H,1-2,10H2. The van der Waals surface area contributed by atoms with Crippen LogP contribution in [0.5, 0.6) is 0 Å². The normalized spacial score (nSPS) is 21.7.